The number of rotatable bonds is 1. The fraction of sp³-hybridized carbons (Fsp3) is 0.444. The van der Waals surface area contributed by atoms with E-state index in [2.05, 4.69) is 55.4 Å². The molecule has 2 heterocycles. The number of hydrogen-bond acceptors (Lipinski definition) is 2. The second kappa shape index (κ2) is 5.01. The van der Waals surface area contributed by atoms with Crippen LogP contribution in [-0.2, 0) is 0 Å². The Morgan fingerprint density at radius 1 is 0.450 bits per heavy atom. The Bertz CT molecular complexity index is 698. The highest BCUT2D eigenvalue weighted by Crippen LogP contribution is 2.32. The zero-order valence-corrected chi connectivity index (χ0v) is 13.9. The van der Waals surface area contributed by atoms with E-state index in [1.54, 1.807) is 0 Å². The normalized spacial score (nSPS) is 11.0. The lowest BCUT2D eigenvalue weighted by atomic mass is 9.93. The first kappa shape index (κ1) is 14.7. The molecule has 2 aromatic rings. The second-order valence-electron chi connectivity index (χ2n) is 5.83. The van der Waals surface area contributed by atoms with Crippen molar-refractivity contribution in [2.24, 2.45) is 0 Å². The van der Waals surface area contributed by atoms with Crippen LogP contribution in [0.15, 0.2) is 0 Å². The third kappa shape index (κ3) is 2.13. The van der Waals surface area contributed by atoms with Crippen LogP contribution in [-0.4, -0.2) is 9.97 Å². The van der Waals surface area contributed by atoms with E-state index in [1.165, 1.54) is 33.4 Å². The third-order valence-electron chi connectivity index (χ3n) is 4.72. The molecule has 0 bridgehead atoms. The highest BCUT2D eigenvalue weighted by molar-refractivity contribution is 5.72. The molecule has 106 valence electrons. The van der Waals surface area contributed by atoms with E-state index in [4.69, 9.17) is 9.97 Å². The lowest BCUT2D eigenvalue weighted by molar-refractivity contribution is 1.04. The van der Waals surface area contributed by atoms with Gasteiger partial charge in [-0.2, -0.15) is 0 Å². The molecule has 0 spiro atoms. The van der Waals surface area contributed by atoms with E-state index < -0.39 is 0 Å². The van der Waals surface area contributed by atoms with E-state index in [-0.39, 0.29) is 0 Å². The minimum absolute atomic E-state index is 1.07. The monoisotopic (exact) mass is 268 g/mol. The summed E-state index contributed by atoms with van der Waals surface area (Å²) in [4.78, 5) is 9.55. The van der Waals surface area contributed by atoms with Crippen LogP contribution in [0, 0.1) is 55.4 Å². The van der Waals surface area contributed by atoms with E-state index >= 15 is 0 Å². The van der Waals surface area contributed by atoms with Gasteiger partial charge in [0.15, 0.2) is 0 Å². The smallest absolute Gasteiger partial charge is 0.0758 e. The first-order valence-electron chi connectivity index (χ1n) is 7.14. The predicted octanol–water partition coefficient (Wildman–Crippen LogP) is 4.61. The van der Waals surface area contributed by atoms with E-state index in [1.807, 2.05) is 0 Å². The Morgan fingerprint density at radius 3 is 1.55 bits per heavy atom. The van der Waals surface area contributed by atoms with Crippen molar-refractivity contribution in [3.05, 3.63) is 44.9 Å². The summed E-state index contributed by atoms with van der Waals surface area (Å²) in [5, 5.41) is 0. The molecular weight excluding hydrogens is 244 g/mol. The van der Waals surface area contributed by atoms with Crippen molar-refractivity contribution in [1.82, 2.24) is 9.97 Å². The molecule has 2 aromatic heterocycles. The molecule has 0 fully saturated rings. The van der Waals surface area contributed by atoms with E-state index in [9.17, 15) is 0 Å². The molecule has 0 radical (unpaired) electrons. The molecule has 0 aliphatic carbocycles. The molecule has 0 aliphatic heterocycles. The lowest BCUT2D eigenvalue weighted by Gasteiger charge is -2.18. The summed E-state index contributed by atoms with van der Waals surface area (Å²) in [6.07, 6.45) is 0. The molecule has 0 aliphatic rings. The van der Waals surface area contributed by atoms with Gasteiger partial charge in [-0.3, -0.25) is 9.97 Å². The van der Waals surface area contributed by atoms with Crippen molar-refractivity contribution in [2.45, 2.75) is 55.4 Å². The lowest BCUT2D eigenvalue weighted by Crippen LogP contribution is -2.05. The van der Waals surface area contributed by atoms with Crippen LogP contribution in [0.3, 0.4) is 0 Å². The Hall–Kier alpha value is -1.70. The Balaban J connectivity index is 2.86. The average molecular weight is 268 g/mol. The van der Waals surface area contributed by atoms with Gasteiger partial charge < -0.3 is 0 Å². The maximum absolute atomic E-state index is 4.86. The van der Waals surface area contributed by atoms with Gasteiger partial charge in [0.25, 0.3) is 0 Å². The summed E-state index contributed by atoms with van der Waals surface area (Å²) in [6.45, 7) is 17.1. The van der Waals surface area contributed by atoms with Gasteiger partial charge in [0, 0.05) is 22.6 Å². The number of nitrogens with zero attached hydrogens (tertiary/aromatic N) is 2. The fourth-order valence-electron chi connectivity index (χ4n) is 2.78. The van der Waals surface area contributed by atoms with Crippen molar-refractivity contribution >= 4 is 0 Å². The standard InChI is InChI=1S/C18H24N2/c1-9-10(2)15(7)20-18(13(9)5)17-12(4)11(3)14(6)19-16(17)8/h1-8H3. The number of aryl methyl sites for hydroxylation is 3. The second-order valence-corrected chi connectivity index (χ2v) is 5.83. The molecule has 2 rings (SSSR count). The largest absolute Gasteiger partial charge is 0.257 e. The predicted molar refractivity (Wildman–Crippen MR) is 85.4 cm³/mol. The van der Waals surface area contributed by atoms with Gasteiger partial charge in [-0.05, 0) is 83.2 Å². The minimum atomic E-state index is 1.07. The topological polar surface area (TPSA) is 25.8 Å². The molecule has 20 heavy (non-hydrogen) atoms. The van der Waals surface area contributed by atoms with Gasteiger partial charge in [0.05, 0.1) is 5.69 Å². The first-order valence-corrected chi connectivity index (χ1v) is 7.14. The molecule has 0 unspecified atom stereocenters. The summed E-state index contributed by atoms with van der Waals surface area (Å²) >= 11 is 0. The zero-order chi connectivity index (χ0) is 15.2. The highest BCUT2D eigenvalue weighted by atomic mass is 14.8. The average Bonchev–Trinajstić information content (AvgIpc) is 2.39. The van der Waals surface area contributed by atoms with Crippen LogP contribution in [0.4, 0.5) is 0 Å². The quantitative estimate of drug-likeness (QED) is 0.754. The van der Waals surface area contributed by atoms with Crippen LogP contribution in [0.25, 0.3) is 11.3 Å². The maximum Gasteiger partial charge on any atom is 0.0758 e. The van der Waals surface area contributed by atoms with E-state index in [0.29, 0.717) is 0 Å². The van der Waals surface area contributed by atoms with Crippen molar-refractivity contribution in [2.75, 3.05) is 0 Å². The molecular formula is C18H24N2. The molecule has 0 aromatic carbocycles. The molecule has 0 saturated carbocycles. The molecule has 2 heteroatoms. The Morgan fingerprint density at radius 2 is 0.950 bits per heavy atom. The van der Waals surface area contributed by atoms with Gasteiger partial charge in [0.2, 0.25) is 0 Å². The number of hydrogen-bond donors (Lipinski definition) is 0. The van der Waals surface area contributed by atoms with Crippen LogP contribution >= 0.6 is 0 Å². The SMILES string of the molecule is Cc1nc(-c2c(C)nc(C)c(C)c2C)c(C)c(C)c1C. The first-order chi connectivity index (χ1) is 9.25. The van der Waals surface area contributed by atoms with Gasteiger partial charge in [-0.15, -0.1) is 0 Å². The summed E-state index contributed by atoms with van der Waals surface area (Å²) < 4.78 is 0. The van der Waals surface area contributed by atoms with Crippen molar-refractivity contribution in [3.8, 4) is 11.3 Å². The number of pyridine rings is 2. The van der Waals surface area contributed by atoms with Crippen LogP contribution in [0.2, 0.25) is 0 Å². The summed E-state index contributed by atoms with van der Waals surface area (Å²) in [6, 6.07) is 0. The van der Waals surface area contributed by atoms with Gasteiger partial charge in [-0.1, -0.05) is 0 Å². The Kier molecular flexibility index (Phi) is 3.68. The Labute approximate surface area is 122 Å². The molecule has 0 amide bonds. The molecule has 0 saturated heterocycles. The summed E-state index contributed by atoms with van der Waals surface area (Å²) in [7, 11) is 0. The molecule has 0 atom stereocenters. The zero-order valence-electron chi connectivity index (χ0n) is 13.9. The van der Waals surface area contributed by atoms with Crippen LogP contribution in [0.1, 0.15) is 44.9 Å². The van der Waals surface area contributed by atoms with Gasteiger partial charge in [0.1, 0.15) is 0 Å². The van der Waals surface area contributed by atoms with Gasteiger partial charge in [-0.25, -0.2) is 0 Å². The van der Waals surface area contributed by atoms with Crippen molar-refractivity contribution in [3.63, 3.8) is 0 Å². The van der Waals surface area contributed by atoms with E-state index in [0.717, 1.165) is 22.8 Å². The minimum Gasteiger partial charge on any atom is -0.257 e. The van der Waals surface area contributed by atoms with Crippen molar-refractivity contribution in [1.29, 1.82) is 0 Å². The molecule has 0 N–H and O–H groups in total. The maximum atomic E-state index is 4.86. The van der Waals surface area contributed by atoms with Crippen LogP contribution < -0.4 is 0 Å². The highest BCUT2D eigenvalue weighted by Gasteiger charge is 2.17. The summed E-state index contributed by atoms with van der Waals surface area (Å²) in [5.74, 6) is 0. The summed E-state index contributed by atoms with van der Waals surface area (Å²) in [5.41, 5.74) is 12.1. The van der Waals surface area contributed by atoms with Crippen LogP contribution in [0.5, 0.6) is 0 Å². The molecule has 2 nitrogen and oxygen atoms in total. The fourth-order valence-corrected chi connectivity index (χ4v) is 2.78. The number of aromatic nitrogens is 2. The van der Waals surface area contributed by atoms with Crippen molar-refractivity contribution < 1.29 is 0 Å². The van der Waals surface area contributed by atoms with Gasteiger partial charge >= 0.3 is 0 Å². The third-order valence-corrected chi connectivity index (χ3v) is 4.72.